The molecular weight excluding hydrogens is 210 g/mol. The maximum absolute atomic E-state index is 10.1. The van der Waals surface area contributed by atoms with Crippen LogP contribution in [0.2, 0.25) is 0 Å². The van der Waals surface area contributed by atoms with E-state index in [2.05, 4.69) is 30.0 Å². The lowest BCUT2D eigenvalue weighted by atomic mass is 9.97. The first-order valence-corrected chi connectivity index (χ1v) is 6.74. The molecule has 1 heterocycles. The second kappa shape index (κ2) is 5.54. The Kier molecular flexibility index (Phi) is 4.06. The molecule has 1 fully saturated rings. The van der Waals surface area contributed by atoms with Gasteiger partial charge in [0.25, 0.3) is 0 Å². The van der Waals surface area contributed by atoms with Crippen LogP contribution < -0.4 is 4.90 Å². The molecule has 17 heavy (non-hydrogen) atoms. The molecule has 0 aliphatic carbocycles. The molecule has 1 aromatic carbocycles. The lowest BCUT2D eigenvalue weighted by molar-refractivity contribution is 0.174. The average molecular weight is 233 g/mol. The number of anilines is 1. The standard InChI is InChI=1S/C15H23NO/c1-3-15(17)13-8-4-5-9-14(13)16-10-6-7-12(2)11-16/h4-5,8-9,12,15,17H,3,6-7,10-11H2,1-2H3/t12?,15-/m1/s1. The highest BCUT2D eigenvalue weighted by atomic mass is 16.3. The molecule has 1 unspecified atom stereocenters. The van der Waals surface area contributed by atoms with Crippen LogP contribution in [0.5, 0.6) is 0 Å². The van der Waals surface area contributed by atoms with Crippen LogP contribution >= 0.6 is 0 Å². The van der Waals surface area contributed by atoms with Gasteiger partial charge in [-0.25, -0.2) is 0 Å². The van der Waals surface area contributed by atoms with Crippen LogP contribution in [0.15, 0.2) is 24.3 Å². The van der Waals surface area contributed by atoms with E-state index in [1.807, 2.05) is 13.0 Å². The summed E-state index contributed by atoms with van der Waals surface area (Å²) in [5.74, 6) is 0.760. The molecule has 94 valence electrons. The smallest absolute Gasteiger partial charge is 0.0807 e. The van der Waals surface area contributed by atoms with Crippen LogP contribution in [-0.2, 0) is 0 Å². The molecule has 1 aliphatic heterocycles. The van der Waals surface area contributed by atoms with Gasteiger partial charge in [0.1, 0.15) is 0 Å². The Morgan fingerprint density at radius 2 is 2.18 bits per heavy atom. The summed E-state index contributed by atoms with van der Waals surface area (Å²) in [4.78, 5) is 2.43. The minimum absolute atomic E-state index is 0.330. The number of aliphatic hydroxyl groups excluding tert-OH is 1. The highest BCUT2D eigenvalue weighted by molar-refractivity contribution is 5.55. The lowest BCUT2D eigenvalue weighted by Crippen LogP contribution is -2.35. The number of benzene rings is 1. The summed E-state index contributed by atoms with van der Waals surface area (Å²) in [7, 11) is 0. The van der Waals surface area contributed by atoms with Crippen molar-refractivity contribution in [1.82, 2.24) is 0 Å². The molecule has 2 rings (SSSR count). The van der Waals surface area contributed by atoms with Gasteiger partial charge < -0.3 is 10.0 Å². The van der Waals surface area contributed by atoms with Crippen molar-refractivity contribution in [2.24, 2.45) is 5.92 Å². The second-order valence-corrected chi connectivity index (χ2v) is 5.18. The average Bonchev–Trinajstić information content (AvgIpc) is 2.38. The SMILES string of the molecule is CC[C@@H](O)c1ccccc1N1CCCC(C)C1. The minimum Gasteiger partial charge on any atom is -0.388 e. The molecule has 1 aliphatic rings. The number of piperidine rings is 1. The summed E-state index contributed by atoms with van der Waals surface area (Å²) in [6.45, 7) is 6.58. The quantitative estimate of drug-likeness (QED) is 0.865. The molecule has 1 N–H and O–H groups in total. The molecule has 0 aromatic heterocycles. The zero-order chi connectivity index (χ0) is 12.3. The van der Waals surface area contributed by atoms with Crippen molar-refractivity contribution in [3.8, 4) is 0 Å². The fraction of sp³-hybridized carbons (Fsp3) is 0.600. The first-order valence-electron chi connectivity index (χ1n) is 6.74. The topological polar surface area (TPSA) is 23.5 Å². The molecule has 0 spiro atoms. The summed E-state index contributed by atoms with van der Waals surface area (Å²) in [6.07, 6.45) is 3.04. The van der Waals surface area contributed by atoms with Crippen molar-refractivity contribution in [3.63, 3.8) is 0 Å². The van der Waals surface area contributed by atoms with Gasteiger partial charge in [-0.3, -0.25) is 0 Å². The fourth-order valence-electron chi connectivity index (χ4n) is 2.69. The predicted octanol–water partition coefficient (Wildman–Crippen LogP) is 3.37. The normalized spacial score (nSPS) is 22.5. The van der Waals surface area contributed by atoms with Gasteiger partial charge in [0.2, 0.25) is 0 Å². The number of para-hydroxylation sites is 1. The van der Waals surface area contributed by atoms with Crippen molar-refractivity contribution in [3.05, 3.63) is 29.8 Å². The zero-order valence-electron chi connectivity index (χ0n) is 10.9. The van der Waals surface area contributed by atoms with E-state index in [1.54, 1.807) is 0 Å². The first-order chi connectivity index (χ1) is 8.22. The van der Waals surface area contributed by atoms with Crippen LogP contribution in [0.3, 0.4) is 0 Å². The van der Waals surface area contributed by atoms with Gasteiger partial charge in [-0.1, -0.05) is 32.0 Å². The van der Waals surface area contributed by atoms with Gasteiger partial charge in [-0.05, 0) is 31.2 Å². The van der Waals surface area contributed by atoms with Crippen molar-refractivity contribution in [2.45, 2.75) is 39.2 Å². The maximum atomic E-state index is 10.1. The van der Waals surface area contributed by atoms with E-state index in [1.165, 1.54) is 18.5 Å². The number of hydrogen-bond donors (Lipinski definition) is 1. The number of nitrogens with zero attached hydrogens (tertiary/aromatic N) is 1. The van der Waals surface area contributed by atoms with Crippen molar-refractivity contribution in [2.75, 3.05) is 18.0 Å². The highest BCUT2D eigenvalue weighted by Gasteiger charge is 2.20. The van der Waals surface area contributed by atoms with Crippen LogP contribution in [0.1, 0.15) is 44.8 Å². The number of hydrogen-bond acceptors (Lipinski definition) is 2. The molecule has 2 atom stereocenters. The third-order valence-corrected chi connectivity index (χ3v) is 3.68. The van der Waals surface area contributed by atoms with Crippen molar-refractivity contribution < 1.29 is 5.11 Å². The number of rotatable bonds is 3. The van der Waals surface area contributed by atoms with Gasteiger partial charge in [0.05, 0.1) is 6.10 Å². The van der Waals surface area contributed by atoms with E-state index in [0.717, 1.165) is 31.0 Å². The Bertz CT molecular complexity index is 364. The van der Waals surface area contributed by atoms with E-state index in [-0.39, 0.29) is 6.10 Å². The molecule has 2 nitrogen and oxygen atoms in total. The molecule has 0 bridgehead atoms. The summed E-state index contributed by atoms with van der Waals surface area (Å²) in [6, 6.07) is 8.29. The summed E-state index contributed by atoms with van der Waals surface area (Å²) in [5.41, 5.74) is 2.32. The number of aliphatic hydroxyl groups is 1. The molecule has 1 saturated heterocycles. The summed E-state index contributed by atoms with van der Waals surface area (Å²) in [5, 5.41) is 10.1. The summed E-state index contributed by atoms with van der Waals surface area (Å²) >= 11 is 0. The Labute approximate surface area is 104 Å². The van der Waals surface area contributed by atoms with Crippen LogP contribution in [0.25, 0.3) is 0 Å². The van der Waals surface area contributed by atoms with Gasteiger partial charge in [-0.15, -0.1) is 0 Å². The zero-order valence-corrected chi connectivity index (χ0v) is 10.9. The third kappa shape index (κ3) is 2.81. The largest absolute Gasteiger partial charge is 0.388 e. The van der Waals surface area contributed by atoms with E-state index >= 15 is 0 Å². The van der Waals surface area contributed by atoms with Gasteiger partial charge in [0.15, 0.2) is 0 Å². The summed E-state index contributed by atoms with van der Waals surface area (Å²) < 4.78 is 0. The van der Waals surface area contributed by atoms with E-state index in [0.29, 0.717) is 0 Å². The van der Waals surface area contributed by atoms with E-state index in [9.17, 15) is 5.11 Å². The Hall–Kier alpha value is -1.02. The van der Waals surface area contributed by atoms with Crippen molar-refractivity contribution >= 4 is 5.69 Å². The highest BCUT2D eigenvalue weighted by Crippen LogP contribution is 2.31. The molecular formula is C15H23NO. The Morgan fingerprint density at radius 3 is 2.88 bits per heavy atom. The van der Waals surface area contributed by atoms with Gasteiger partial charge >= 0.3 is 0 Å². The van der Waals surface area contributed by atoms with Crippen molar-refractivity contribution in [1.29, 1.82) is 0 Å². The van der Waals surface area contributed by atoms with Gasteiger partial charge in [-0.2, -0.15) is 0 Å². The van der Waals surface area contributed by atoms with Crippen LogP contribution in [0.4, 0.5) is 5.69 Å². The molecule has 0 saturated carbocycles. The van der Waals surface area contributed by atoms with E-state index in [4.69, 9.17) is 0 Å². The Morgan fingerprint density at radius 1 is 1.41 bits per heavy atom. The van der Waals surface area contributed by atoms with E-state index < -0.39 is 0 Å². The lowest BCUT2D eigenvalue weighted by Gasteiger charge is -2.34. The van der Waals surface area contributed by atoms with Crippen LogP contribution in [0, 0.1) is 5.92 Å². The molecule has 2 heteroatoms. The molecule has 1 aromatic rings. The Balaban J connectivity index is 2.24. The second-order valence-electron chi connectivity index (χ2n) is 5.18. The van der Waals surface area contributed by atoms with Crippen LogP contribution in [-0.4, -0.2) is 18.2 Å². The molecule has 0 radical (unpaired) electrons. The monoisotopic (exact) mass is 233 g/mol. The fourth-order valence-corrected chi connectivity index (χ4v) is 2.69. The third-order valence-electron chi connectivity index (χ3n) is 3.68. The first kappa shape index (κ1) is 12.4. The molecule has 0 amide bonds. The minimum atomic E-state index is -0.330. The maximum Gasteiger partial charge on any atom is 0.0807 e. The predicted molar refractivity (Wildman–Crippen MR) is 72.3 cm³/mol. The van der Waals surface area contributed by atoms with Gasteiger partial charge in [0, 0.05) is 24.3 Å².